The molecule has 0 aliphatic carbocycles. The number of rotatable bonds is 3. The number of ether oxygens (including phenoxy) is 1. The van der Waals surface area contributed by atoms with Gasteiger partial charge in [0.25, 0.3) is 5.91 Å². The molecule has 24 heavy (non-hydrogen) atoms. The Hall–Kier alpha value is -2.53. The first-order valence-corrected chi connectivity index (χ1v) is 7.97. The van der Waals surface area contributed by atoms with Crippen molar-refractivity contribution < 1.29 is 14.3 Å². The van der Waals surface area contributed by atoms with Gasteiger partial charge in [-0.25, -0.2) is 0 Å². The van der Waals surface area contributed by atoms with Crippen LogP contribution in [0.3, 0.4) is 0 Å². The normalized spacial score (nSPS) is 17.3. The molecule has 0 spiro atoms. The summed E-state index contributed by atoms with van der Waals surface area (Å²) < 4.78 is 5.14. The lowest BCUT2D eigenvalue weighted by molar-refractivity contribution is -0.128. The van der Waals surface area contributed by atoms with Crippen molar-refractivity contribution in [3.8, 4) is 5.75 Å². The Labute approximate surface area is 145 Å². The van der Waals surface area contributed by atoms with Crippen molar-refractivity contribution in [3.63, 3.8) is 0 Å². The standard InChI is InChI=1S/C18H17ClN2O3/c1-24-13-8-6-12(7-9-13)16-17(22)20-10-11-21(16)18(23)14-4-2-3-5-15(14)19/h2-9,16H,10-11H2,1H3,(H,20,22). The molecule has 5 nitrogen and oxygen atoms in total. The van der Waals surface area contributed by atoms with Gasteiger partial charge in [0.2, 0.25) is 5.91 Å². The van der Waals surface area contributed by atoms with Crippen LogP contribution in [0.25, 0.3) is 0 Å². The third kappa shape index (κ3) is 3.08. The number of nitrogens with one attached hydrogen (secondary N) is 1. The van der Waals surface area contributed by atoms with Crippen molar-refractivity contribution in [3.05, 3.63) is 64.7 Å². The largest absolute Gasteiger partial charge is 0.497 e. The quantitative estimate of drug-likeness (QED) is 0.931. The Kier molecular flexibility index (Phi) is 4.71. The Balaban J connectivity index is 1.96. The first-order valence-electron chi connectivity index (χ1n) is 7.59. The fourth-order valence-electron chi connectivity index (χ4n) is 2.79. The third-order valence-corrected chi connectivity index (χ3v) is 4.34. The minimum absolute atomic E-state index is 0.202. The molecule has 1 fully saturated rings. The first-order chi connectivity index (χ1) is 11.6. The van der Waals surface area contributed by atoms with E-state index >= 15 is 0 Å². The molecular weight excluding hydrogens is 328 g/mol. The van der Waals surface area contributed by atoms with Gasteiger partial charge in [-0.2, -0.15) is 0 Å². The number of hydrogen-bond acceptors (Lipinski definition) is 3. The topological polar surface area (TPSA) is 58.6 Å². The van der Waals surface area contributed by atoms with Gasteiger partial charge in [0.15, 0.2) is 0 Å². The molecule has 1 heterocycles. The summed E-state index contributed by atoms with van der Waals surface area (Å²) in [5, 5.41) is 3.19. The number of amides is 2. The fraction of sp³-hybridized carbons (Fsp3) is 0.222. The van der Waals surface area contributed by atoms with Gasteiger partial charge in [0, 0.05) is 13.1 Å². The van der Waals surface area contributed by atoms with E-state index in [-0.39, 0.29) is 11.8 Å². The second kappa shape index (κ2) is 6.93. The lowest BCUT2D eigenvalue weighted by Crippen LogP contribution is -2.52. The summed E-state index contributed by atoms with van der Waals surface area (Å²) in [4.78, 5) is 26.9. The SMILES string of the molecule is COc1ccc(C2C(=O)NCCN2C(=O)c2ccccc2Cl)cc1. The van der Waals surface area contributed by atoms with E-state index in [1.165, 1.54) is 0 Å². The number of carbonyl (C=O) groups excluding carboxylic acids is 2. The van der Waals surface area contributed by atoms with E-state index in [0.717, 1.165) is 5.56 Å². The molecule has 124 valence electrons. The van der Waals surface area contributed by atoms with Crippen molar-refractivity contribution in [2.24, 2.45) is 0 Å². The Morgan fingerprint density at radius 1 is 1.21 bits per heavy atom. The molecule has 2 amide bonds. The highest BCUT2D eigenvalue weighted by atomic mass is 35.5. The van der Waals surface area contributed by atoms with Crippen LogP contribution in [0.2, 0.25) is 5.02 Å². The minimum Gasteiger partial charge on any atom is -0.497 e. The Morgan fingerprint density at radius 3 is 2.58 bits per heavy atom. The highest BCUT2D eigenvalue weighted by molar-refractivity contribution is 6.33. The zero-order chi connectivity index (χ0) is 17.1. The summed E-state index contributed by atoms with van der Waals surface area (Å²) in [5.41, 5.74) is 1.13. The number of halogens is 1. The van der Waals surface area contributed by atoms with E-state index in [1.54, 1.807) is 60.5 Å². The maximum atomic E-state index is 12.9. The van der Waals surface area contributed by atoms with Crippen LogP contribution in [0.1, 0.15) is 22.0 Å². The van der Waals surface area contributed by atoms with E-state index < -0.39 is 6.04 Å². The van der Waals surface area contributed by atoms with Gasteiger partial charge < -0.3 is 15.0 Å². The maximum Gasteiger partial charge on any atom is 0.256 e. The maximum absolute atomic E-state index is 12.9. The second-order valence-electron chi connectivity index (χ2n) is 5.45. The molecule has 0 saturated carbocycles. The molecule has 1 aliphatic heterocycles. The van der Waals surface area contributed by atoms with Crippen molar-refractivity contribution in [2.75, 3.05) is 20.2 Å². The second-order valence-corrected chi connectivity index (χ2v) is 5.85. The van der Waals surface area contributed by atoms with Gasteiger partial charge in [0.1, 0.15) is 11.8 Å². The summed E-state index contributed by atoms with van der Waals surface area (Å²) in [6, 6.07) is 13.3. The molecule has 1 aliphatic rings. The molecule has 0 radical (unpaired) electrons. The Bertz CT molecular complexity index is 761. The summed E-state index contributed by atoms with van der Waals surface area (Å²) in [5.74, 6) is 0.238. The van der Waals surface area contributed by atoms with Gasteiger partial charge in [-0.05, 0) is 29.8 Å². The van der Waals surface area contributed by atoms with Gasteiger partial charge in [-0.15, -0.1) is 0 Å². The molecule has 2 aromatic carbocycles. The molecule has 1 N–H and O–H groups in total. The van der Waals surface area contributed by atoms with E-state index in [2.05, 4.69) is 5.32 Å². The molecule has 1 saturated heterocycles. The van der Waals surface area contributed by atoms with E-state index in [0.29, 0.717) is 29.4 Å². The molecule has 3 rings (SSSR count). The predicted octanol–water partition coefficient (Wildman–Crippen LogP) is 2.66. The number of piperazine rings is 1. The van der Waals surface area contributed by atoms with Gasteiger partial charge >= 0.3 is 0 Å². The highest BCUT2D eigenvalue weighted by Gasteiger charge is 2.35. The van der Waals surface area contributed by atoms with E-state index in [9.17, 15) is 9.59 Å². The van der Waals surface area contributed by atoms with Crippen molar-refractivity contribution in [1.29, 1.82) is 0 Å². The number of benzene rings is 2. The minimum atomic E-state index is -0.687. The smallest absolute Gasteiger partial charge is 0.256 e. The van der Waals surface area contributed by atoms with Crippen LogP contribution in [-0.4, -0.2) is 36.9 Å². The fourth-order valence-corrected chi connectivity index (χ4v) is 3.01. The van der Waals surface area contributed by atoms with Crippen molar-refractivity contribution in [1.82, 2.24) is 10.2 Å². The average Bonchev–Trinajstić information content (AvgIpc) is 2.61. The van der Waals surface area contributed by atoms with Gasteiger partial charge in [-0.3, -0.25) is 9.59 Å². The monoisotopic (exact) mass is 344 g/mol. The van der Waals surface area contributed by atoms with Crippen LogP contribution in [-0.2, 0) is 4.79 Å². The Morgan fingerprint density at radius 2 is 1.92 bits per heavy atom. The molecule has 1 atom stereocenters. The lowest BCUT2D eigenvalue weighted by atomic mass is 10.0. The van der Waals surface area contributed by atoms with E-state index in [4.69, 9.17) is 16.3 Å². The molecule has 1 unspecified atom stereocenters. The first kappa shape index (κ1) is 16.3. The van der Waals surface area contributed by atoms with Crippen LogP contribution in [0.4, 0.5) is 0 Å². The van der Waals surface area contributed by atoms with Crippen molar-refractivity contribution >= 4 is 23.4 Å². The number of hydrogen-bond donors (Lipinski definition) is 1. The molecule has 0 bridgehead atoms. The van der Waals surface area contributed by atoms with Gasteiger partial charge in [0.05, 0.1) is 17.7 Å². The van der Waals surface area contributed by atoms with Crippen LogP contribution < -0.4 is 10.1 Å². The molecule has 2 aromatic rings. The average molecular weight is 345 g/mol. The zero-order valence-corrected chi connectivity index (χ0v) is 13.9. The lowest BCUT2D eigenvalue weighted by Gasteiger charge is -2.35. The molecule has 6 heteroatoms. The third-order valence-electron chi connectivity index (χ3n) is 4.01. The molecule has 0 aromatic heterocycles. The number of methoxy groups -OCH3 is 1. The summed E-state index contributed by atoms with van der Waals surface area (Å²) in [7, 11) is 1.58. The van der Waals surface area contributed by atoms with Crippen molar-refractivity contribution in [2.45, 2.75) is 6.04 Å². The van der Waals surface area contributed by atoms with Crippen LogP contribution in [0, 0.1) is 0 Å². The summed E-state index contributed by atoms with van der Waals surface area (Å²) in [6.45, 7) is 0.841. The highest BCUT2D eigenvalue weighted by Crippen LogP contribution is 2.28. The predicted molar refractivity (Wildman–Crippen MR) is 91.2 cm³/mol. The number of nitrogens with zero attached hydrogens (tertiary/aromatic N) is 1. The summed E-state index contributed by atoms with van der Waals surface area (Å²) >= 11 is 6.14. The van der Waals surface area contributed by atoms with Crippen LogP contribution in [0.5, 0.6) is 5.75 Å². The van der Waals surface area contributed by atoms with E-state index in [1.807, 2.05) is 0 Å². The number of carbonyl (C=O) groups is 2. The van der Waals surface area contributed by atoms with Gasteiger partial charge in [-0.1, -0.05) is 35.9 Å². The van der Waals surface area contributed by atoms with Crippen LogP contribution in [0.15, 0.2) is 48.5 Å². The zero-order valence-electron chi connectivity index (χ0n) is 13.2. The molecular formula is C18H17ClN2O3. The summed E-state index contributed by atoms with van der Waals surface area (Å²) in [6.07, 6.45) is 0. The van der Waals surface area contributed by atoms with Crippen LogP contribution >= 0.6 is 11.6 Å².